The minimum atomic E-state index is -3.95. The highest BCUT2D eigenvalue weighted by atomic mass is 35.5. The van der Waals surface area contributed by atoms with Gasteiger partial charge in [-0.1, -0.05) is 29.3 Å². The molecule has 0 aliphatic carbocycles. The second kappa shape index (κ2) is 8.55. The Kier molecular flexibility index (Phi) is 6.43. The smallest absolute Gasteiger partial charge is 0.241 e. The van der Waals surface area contributed by atoms with Gasteiger partial charge in [0.25, 0.3) is 0 Å². The highest BCUT2D eigenvalue weighted by Gasteiger charge is 2.33. The van der Waals surface area contributed by atoms with Crippen LogP contribution in [0.4, 0.5) is 0 Å². The third-order valence-corrected chi connectivity index (χ3v) is 8.77. The highest BCUT2D eigenvalue weighted by molar-refractivity contribution is 7.92. The van der Waals surface area contributed by atoms with Gasteiger partial charge in [0.1, 0.15) is 11.0 Å². The van der Waals surface area contributed by atoms with Crippen LogP contribution in [0.3, 0.4) is 0 Å². The molecule has 9 heteroatoms. The molecule has 1 N–H and O–H groups in total. The van der Waals surface area contributed by atoms with Gasteiger partial charge in [-0.15, -0.1) is 0 Å². The van der Waals surface area contributed by atoms with E-state index >= 15 is 0 Å². The summed E-state index contributed by atoms with van der Waals surface area (Å²) in [5.41, 5.74) is 2.13. The molecule has 0 fully saturated rings. The summed E-state index contributed by atoms with van der Waals surface area (Å²) in [6.45, 7) is 4.93. The molecular formula is C21H22ClNO5S2. The number of aryl methyl sites for hydroxylation is 3. The molecule has 0 aliphatic rings. The molecule has 30 heavy (non-hydrogen) atoms. The molecule has 0 unspecified atom stereocenters. The van der Waals surface area contributed by atoms with Gasteiger partial charge >= 0.3 is 0 Å². The average Bonchev–Trinajstić information content (AvgIpc) is 3.15. The molecule has 0 saturated carbocycles. The lowest BCUT2D eigenvalue weighted by Gasteiger charge is -2.18. The Balaban J connectivity index is 1.97. The maximum atomic E-state index is 13.2. The zero-order valence-electron chi connectivity index (χ0n) is 16.7. The lowest BCUT2D eigenvalue weighted by molar-refractivity contribution is 0.486. The molecule has 3 aromatic rings. The van der Waals surface area contributed by atoms with Crippen molar-refractivity contribution >= 4 is 31.5 Å². The quantitative estimate of drug-likeness (QED) is 0.557. The fraction of sp³-hybridized carbons (Fsp3) is 0.238. The van der Waals surface area contributed by atoms with E-state index in [0.29, 0.717) is 16.1 Å². The largest absolute Gasteiger partial charge is 0.468 e. The molecule has 160 valence electrons. The first-order chi connectivity index (χ1) is 14.0. The number of rotatable bonds is 7. The third-order valence-electron chi connectivity index (χ3n) is 4.71. The predicted molar refractivity (Wildman–Crippen MR) is 116 cm³/mol. The first-order valence-corrected chi connectivity index (χ1v) is 12.5. The molecule has 1 aromatic heterocycles. The zero-order chi connectivity index (χ0) is 22.1. The van der Waals surface area contributed by atoms with Crippen LogP contribution < -0.4 is 4.72 Å². The summed E-state index contributed by atoms with van der Waals surface area (Å²) in [4.78, 5) is 0.172. The van der Waals surface area contributed by atoms with Crippen LogP contribution in [0.15, 0.2) is 69.0 Å². The molecule has 0 radical (unpaired) electrons. The standard InChI is InChI=1S/C21H22ClNO5S2/c1-14-11-15(2)21(16(3)12-14)30(26,27)23-13-20(19-5-4-10-28-19)29(24,25)18-8-6-17(22)7-9-18/h4-12,20,23H,13H2,1-3H3/t20-/m1/s1. The number of hydrogen-bond donors (Lipinski definition) is 1. The molecule has 2 aromatic carbocycles. The molecule has 0 bridgehead atoms. The normalized spacial score (nSPS) is 13.3. The Bertz CT molecular complexity index is 1230. The minimum Gasteiger partial charge on any atom is -0.468 e. The summed E-state index contributed by atoms with van der Waals surface area (Å²) in [7, 11) is -7.90. The Labute approximate surface area is 181 Å². The highest BCUT2D eigenvalue weighted by Crippen LogP contribution is 2.30. The van der Waals surface area contributed by atoms with E-state index in [9.17, 15) is 16.8 Å². The molecule has 0 amide bonds. The molecular weight excluding hydrogens is 446 g/mol. The van der Waals surface area contributed by atoms with E-state index in [1.807, 2.05) is 6.92 Å². The number of sulfonamides is 1. The van der Waals surface area contributed by atoms with Gasteiger partial charge in [-0.25, -0.2) is 21.6 Å². The maximum absolute atomic E-state index is 13.2. The van der Waals surface area contributed by atoms with Gasteiger partial charge < -0.3 is 4.42 Å². The molecule has 1 heterocycles. The first kappa shape index (κ1) is 22.6. The summed E-state index contributed by atoms with van der Waals surface area (Å²) in [5.74, 6) is 0.144. The maximum Gasteiger partial charge on any atom is 0.241 e. The van der Waals surface area contributed by atoms with Gasteiger partial charge in [-0.2, -0.15) is 0 Å². The molecule has 0 saturated heterocycles. The summed E-state index contributed by atoms with van der Waals surface area (Å²) >= 11 is 5.87. The van der Waals surface area contributed by atoms with E-state index < -0.39 is 25.1 Å². The van der Waals surface area contributed by atoms with Crippen molar-refractivity contribution in [2.45, 2.75) is 35.8 Å². The topological polar surface area (TPSA) is 93.4 Å². The second-order valence-corrected chi connectivity index (χ2v) is 11.4. The number of sulfone groups is 1. The van der Waals surface area contributed by atoms with E-state index in [2.05, 4.69) is 4.72 Å². The van der Waals surface area contributed by atoms with Gasteiger partial charge in [-0.05, 0) is 68.3 Å². The van der Waals surface area contributed by atoms with Gasteiger partial charge in [0.05, 0.1) is 16.1 Å². The Morgan fingerprint density at radius 2 is 1.57 bits per heavy atom. The molecule has 3 rings (SSSR count). The van der Waals surface area contributed by atoms with Crippen LogP contribution in [-0.4, -0.2) is 23.4 Å². The fourth-order valence-electron chi connectivity index (χ4n) is 3.47. The van der Waals surface area contributed by atoms with Crippen molar-refractivity contribution in [3.05, 3.63) is 82.3 Å². The molecule has 6 nitrogen and oxygen atoms in total. The monoisotopic (exact) mass is 467 g/mol. The average molecular weight is 468 g/mol. The second-order valence-electron chi connectivity index (χ2n) is 7.08. The van der Waals surface area contributed by atoms with Crippen molar-refractivity contribution in [3.8, 4) is 0 Å². The van der Waals surface area contributed by atoms with E-state index in [4.69, 9.17) is 16.0 Å². The van der Waals surface area contributed by atoms with Crippen molar-refractivity contribution in [1.82, 2.24) is 4.72 Å². The Hall–Kier alpha value is -2.13. The fourth-order valence-corrected chi connectivity index (χ4v) is 6.79. The van der Waals surface area contributed by atoms with Crippen LogP contribution in [0.1, 0.15) is 27.7 Å². The van der Waals surface area contributed by atoms with Crippen LogP contribution in [0, 0.1) is 20.8 Å². The van der Waals surface area contributed by atoms with E-state index in [1.165, 1.54) is 36.6 Å². The predicted octanol–water partition coefficient (Wildman–Crippen LogP) is 4.35. The Morgan fingerprint density at radius 3 is 2.10 bits per heavy atom. The van der Waals surface area contributed by atoms with Crippen molar-refractivity contribution in [3.63, 3.8) is 0 Å². The van der Waals surface area contributed by atoms with Crippen LogP contribution in [0.2, 0.25) is 5.02 Å². The van der Waals surface area contributed by atoms with Crippen molar-refractivity contribution in [1.29, 1.82) is 0 Å². The van der Waals surface area contributed by atoms with Crippen LogP contribution >= 0.6 is 11.6 Å². The van der Waals surface area contributed by atoms with Gasteiger partial charge in [0.2, 0.25) is 10.0 Å². The van der Waals surface area contributed by atoms with Gasteiger partial charge in [-0.3, -0.25) is 0 Å². The zero-order valence-corrected chi connectivity index (χ0v) is 19.1. The van der Waals surface area contributed by atoms with Crippen molar-refractivity contribution in [2.24, 2.45) is 0 Å². The summed E-state index contributed by atoms with van der Waals surface area (Å²) in [6.07, 6.45) is 1.35. The third kappa shape index (κ3) is 4.62. The van der Waals surface area contributed by atoms with Crippen LogP contribution in [0.5, 0.6) is 0 Å². The lowest BCUT2D eigenvalue weighted by Crippen LogP contribution is -2.32. The van der Waals surface area contributed by atoms with E-state index in [1.54, 1.807) is 32.0 Å². The lowest BCUT2D eigenvalue weighted by atomic mass is 10.1. The SMILES string of the molecule is Cc1cc(C)c(S(=O)(=O)NC[C@H](c2ccco2)S(=O)(=O)c2ccc(Cl)cc2)c(C)c1. The minimum absolute atomic E-state index is 0.0233. The van der Waals surface area contributed by atoms with Gasteiger partial charge in [0.15, 0.2) is 9.84 Å². The van der Waals surface area contributed by atoms with Crippen molar-refractivity contribution < 1.29 is 21.3 Å². The number of hydrogen-bond acceptors (Lipinski definition) is 5. The first-order valence-electron chi connectivity index (χ1n) is 9.13. The van der Waals surface area contributed by atoms with Gasteiger partial charge in [0, 0.05) is 11.6 Å². The number of benzene rings is 2. The summed E-state index contributed by atoms with van der Waals surface area (Å²) < 4.78 is 60.3. The number of halogens is 1. The Morgan fingerprint density at radius 1 is 0.967 bits per heavy atom. The number of furan rings is 1. The van der Waals surface area contributed by atoms with E-state index in [-0.39, 0.29) is 22.1 Å². The van der Waals surface area contributed by atoms with Crippen LogP contribution in [-0.2, 0) is 19.9 Å². The molecule has 1 atom stereocenters. The van der Waals surface area contributed by atoms with E-state index in [0.717, 1.165) is 5.56 Å². The summed E-state index contributed by atoms with van der Waals surface area (Å²) in [6, 6.07) is 12.3. The molecule has 0 aliphatic heterocycles. The van der Waals surface area contributed by atoms with Crippen molar-refractivity contribution in [2.75, 3.05) is 6.54 Å². The molecule has 0 spiro atoms. The van der Waals surface area contributed by atoms with Crippen LogP contribution in [0.25, 0.3) is 0 Å². The number of nitrogens with one attached hydrogen (secondary N) is 1. The summed E-state index contributed by atoms with van der Waals surface area (Å²) in [5, 5.41) is -0.843.